The van der Waals surface area contributed by atoms with E-state index in [1.54, 1.807) is 0 Å². The first-order valence-corrected chi connectivity index (χ1v) is 32.5. The van der Waals surface area contributed by atoms with Gasteiger partial charge in [0.25, 0.3) is 0 Å². The lowest BCUT2D eigenvalue weighted by Crippen LogP contribution is -2.62. The van der Waals surface area contributed by atoms with Crippen molar-refractivity contribution < 1.29 is 133 Å². The van der Waals surface area contributed by atoms with E-state index in [1.807, 2.05) is 20.8 Å². The lowest BCUT2D eigenvalue weighted by atomic mass is 9.97. The number of unbranched alkanes of at least 4 members (excludes halogenated alkanes) is 4. The fourth-order valence-corrected chi connectivity index (χ4v) is 10.1. The summed E-state index contributed by atoms with van der Waals surface area (Å²) in [5.74, 6) is -1.24. The van der Waals surface area contributed by atoms with Gasteiger partial charge in [0.1, 0.15) is 79.0 Å². The smallest absolute Gasteiger partial charge is 0.222 e. The van der Waals surface area contributed by atoms with Crippen molar-refractivity contribution in [2.45, 2.75) is 233 Å². The van der Waals surface area contributed by atoms with Crippen LogP contribution < -0.4 is 31.9 Å². The fourth-order valence-electron chi connectivity index (χ4n) is 10.1. The highest BCUT2D eigenvalue weighted by molar-refractivity contribution is 5.78. The average Bonchev–Trinajstić information content (AvgIpc) is 1.33. The lowest BCUT2D eigenvalue weighted by molar-refractivity contribution is -0.301. The van der Waals surface area contributed by atoms with Crippen molar-refractivity contribution in [2.75, 3.05) is 112 Å². The highest BCUT2D eigenvalue weighted by Crippen LogP contribution is 2.25. The van der Waals surface area contributed by atoms with Crippen molar-refractivity contribution in [3.63, 3.8) is 0 Å². The summed E-state index contributed by atoms with van der Waals surface area (Å²) in [6.45, 7) is 5.91. The van der Waals surface area contributed by atoms with Crippen molar-refractivity contribution >= 4 is 35.3 Å². The molecule has 0 aliphatic carbocycles. The van der Waals surface area contributed by atoms with E-state index in [0.717, 1.165) is 0 Å². The number of ether oxygens (including phenoxy) is 9. The van der Waals surface area contributed by atoms with Gasteiger partial charge in [-0.3, -0.25) is 28.8 Å². The SMILES string of the molecule is CC(C)(C)NC(COCCC(=O)NCCCCC(=O)CCCCO[C@H]1OC(CO)[C@@H](O)[C@H](O)C1O)(COCCC(=O)NCCCNC(=O)CCCCO[C@H]1OC(CO)[C@@H](O)[C@H](O)C1O)COCCC(=O)NCCCNC(=O)CCCCO[C@H]1OC(CO)[C@@H](O)[C@H](O)C1O. The zero-order chi connectivity index (χ0) is 68.8. The predicted molar refractivity (Wildman–Crippen MR) is 326 cm³/mol. The molecule has 0 aromatic heterocycles. The zero-order valence-electron chi connectivity index (χ0n) is 54.2. The van der Waals surface area contributed by atoms with Crippen LogP contribution in [0.4, 0.5) is 0 Å². The van der Waals surface area contributed by atoms with Crippen LogP contribution in [0.15, 0.2) is 0 Å². The molecule has 15 atom stereocenters. The number of rotatable bonds is 50. The highest BCUT2D eigenvalue weighted by Gasteiger charge is 2.46. The second-order valence-electron chi connectivity index (χ2n) is 24.6. The van der Waals surface area contributed by atoms with Crippen LogP contribution in [0.1, 0.15) is 130 Å². The summed E-state index contributed by atoms with van der Waals surface area (Å²) in [7, 11) is 0. The number of aliphatic hydroxyl groups excluding tert-OH is 12. The third-order valence-corrected chi connectivity index (χ3v) is 15.2. The van der Waals surface area contributed by atoms with Crippen LogP contribution in [-0.4, -0.2) is 312 Å². The van der Waals surface area contributed by atoms with E-state index in [-0.39, 0.29) is 140 Å². The van der Waals surface area contributed by atoms with Crippen molar-refractivity contribution in [2.24, 2.45) is 0 Å². The van der Waals surface area contributed by atoms with Gasteiger partial charge in [-0.05, 0) is 85.0 Å². The molecule has 0 aromatic carbocycles. The van der Waals surface area contributed by atoms with E-state index in [1.165, 1.54) is 0 Å². The van der Waals surface area contributed by atoms with Gasteiger partial charge in [-0.15, -0.1) is 0 Å². The van der Waals surface area contributed by atoms with Gasteiger partial charge in [-0.2, -0.15) is 0 Å². The molecule has 0 bridgehead atoms. The quantitative estimate of drug-likeness (QED) is 0.0253. The summed E-state index contributed by atoms with van der Waals surface area (Å²) < 4.78 is 50.6. The Morgan fingerprint density at radius 3 is 0.925 bits per heavy atom. The Balaban J connectivity index is 1.38. The molecular formula is C60H110N6O27. The maximum absolute atomic E-state index is 12.8. The number of Topliss-reactive ketones (excluding diaryl/α,β-unsaturated/α-hetero) is 1. The van der Waals surface area contributed by atoms with Crippen molar-refractivity contribution in [1.29, 1.82) is 0 Å². The predicted octanol–water partition coefficient (Wildman–Crippen LogP) is -5.61. The average molecular weight is 1350 g/mol. The highest BCUT2D eigenvalue weighted by atomic mass is 16.7. The first-order valence-electron chi connectivity index (χ1n) is 32.5. The van der Waals surface area contributed by atoms with Gasteiger partial charge in [0.05, 0.1) is 65.0 Å². The van der Waals surface area contributed by atoms with Crippen molar-refractivity contribution in [1.82, 2.24) is 31.9 Å². The minimum atomic E-state index is -1.55. The molecule has 5 amide bonds. The third kappa shape index (κ3) is 33.3. The number of aliphatic hydroxyl groups is 12. The summed E-state index contributed by atoms with van der Waals surface area (Å²) >= 11 is 0. The Morgan fingerprint density at radius 2 is 0.624 bits per heavy atom. The van der Waals surface area contributed by atoms with Crippen LogP contribution in [0.5, 0.6) is 0 Å². The standard InChI is InChI=1S/C60H110N6O27/c1-59(2,3)66-60(35-85-29-18-44(73)61-21-8-4-14-38(70)15-5-9-26-88-56-53(82)50(79)47(76)39(32-67)91-56,36-86-30-19-45(74)64-24-12-22-62-42(71)16-6-10-27-89-57-54(83)51(80)48(77)40(33-68)92-57)37-87-31-20-46(75)65-25-13-23-63-43(72)17-7-11-28-90-58-55(84)52(81)49(78)41(34-69)93-58/h39-41,47-58,66-69,76-84H,4-37H2,1-3H3,(H,61,73)(H,62,71)(H,63,72)(H,64,74)(H,65,75)/t39?,40?,41?,47-,48-,49-,50+,51+,52+,53?,54?,55?,56+,57+,58+,60?/m1/s1. The molecule has 3 heterocycles. The lowest BCUT2D eigenvalue weighted by Gasteiger charge is -2.40. The largest absolute Gasteiger partial charge is 0.394 e. The first kappa shape index (κ1) is 83.4. The Kier molecular flexibility index (Phi) is 41.6. The van der Waals surface area contributed by atoms with E-state index >= 15 is 0 Å². The minimum absolute atomic E-state index is 0.00121. The summed E-state index contributed by atoms with van der Waals surface area (Å²) in [6.07, 6.45) is -14.9. The van der Waals surface area contributed by atoms with Gasteiger partial charge in [-0.25, -0.2) is 0 Å². The van der Waals surface area contributed by atoms with Gasteiger partial charge in [0.15, 0.2) is 18.9 Å². The molecule has 0 radical (unpaired) electrons. The van der Waals surface area contributed by atoms with Gasteiger partial charge in [0.2, 0.25) is 29.5 Å². The summed E-state index contributed by atoms with van der Waals surface area (Å²) in [5.41, 5.74) is -1.56. The number of nitrogens with one attached hydrogen (secondary N) is 6. The molecule has 0 aromatic rings. The molecule has 33 nitrogen and oxygen atoms in total. The molecule has 6 unspecified atom stereocenters. The number of carbonyl (C=O) groups is 6. The number of hydrogen-bond acceptors (Lipinski definition) is 28. The van der Waals surface area contributed by atoms with Crippen LogP contribution in [-0.2, 0) is 71.4 Å². The number of amides is 5. The van der Waals surface area contributed by atoms with E-state index in [2.05, 4.69) is 31.9 Å². The van der Waals surface area contributed by atoms with Gasteiger partial charge >= 0.3 is 0 Å². The van der Waals surface area contributed by atoms with E-state index in [0.29, 0.717) is 96.7 Å². The van der Waals surface area contributed by atoms with Crippen LogP contribution in [0, 0.1) is 0 Å². The second-order valence-corrected chi connectivity index (χ2v) is 24.6. The molecule has 33 heteroatoms. The second kappa shape index (κ2) is 46.4. The molecule has 3 saturated heterocycles. The Morgan fingerprint density at radius 1 is 0.344 bits per heavy atom. The van der Waals surface area contributed by atoms with Crippen LogP contribution in [0.2, 0.25) is 0 Å². The third-order valence-electron chi connectivity index (χ3n) is 15.2. The Hall–Kier alpha value is -3.86. The number of carbonyl (C=O) groups excluding carboxylic acids is 6. The topological polar surface area (TPSA) is 500 Å². The normalized spacial score (nSPS) is 27.2. The first-order chi connectivity index (χ1) is 44.3. The molecule has 3 rings (SSSR count). The molecule has 18 N–H and O–H groups in total. The van der Waals surface area contributed by atoms with Gasteiger partial charge in [0, 0.05) is 103 Å². The minimum Gasteiger partial charge on any atom is -0.394 e. The van der Waals surface area contributed by atoms with E-state index in [4.69, 9.17) is 42.6 Å². The molecule has 93 heavy (non-hydrogen) atoms. The Labute approximate surface area is 543 Å². The summed E-state index contributed by atoms with van der Waals surface area (Å²) in [5, 5.41) is 136. The number of ketones is 1. The number of hydrogen-bond donors (Lipinski definition) is 18. The molecule has 542 valence electrons. The molecular weight excluding hydrogens is 1240 g/mol. The van der Waals surface area contributed by atoms with Crippen LogP contribution >= 0.6 is 0 Å². The Bertz CT molecular complexity index is 1890. The van der Waals surface area contributed by atoms with Crippen molar-refractivity contribution in [3.05, 3.63) is 0 Å². The molecule has 0 saturated carbocycles. The van der Waals surface area contributed by atoms with Crippen LogP contribution in [0.3, 0.4) is 0 Å². The van der Waals surface area contributed by atoms with E-state index in [9.17, 15) is 90.0 Å². The molecule has 3 fully saturated rings. The monoisotopic (exact) mass is 1350 g/mol. The van der Waals surface area contributed by atoms with Gasteiger partial charge < -0.3 is 136 Å². The molecule has 0 spiro atoms. The zero-order valence-corrected chi connectivity index (χ0v) is 54.2. The summed E-state index contributed by atoms with van der Waals surface area (Å²) in [6, 6.07) is 0. The summed E-state index contributed by atoms with van der Waals surface area (Å²) in [4.78, 5) is 75.7. The maximum Gasteiger partial charge on any atom is 0.222 e. The fraction of sp³-hybridized carbons (Fsp3) is 0.900. The molecule has 3 aliphatic rings. The maximum atomic E-state index is 12.8. The van der Waals surface area contributed by atoms with Crippen molar-refractivity contribution in [3.8, 4) is 0 Å². The van der Waals surface area contributed by atoms with Crippen LogP contribution in [0.25, 0.3) is 0 Å². The molecule has 3 aliphatic heterocycles. The van der Waals surface area contributed by atoms with Gasteiger partial charge in [-0.1, -0.05) is 0 Å². The van der Waals surface area contributed by atoms with E-state index < -0.39 is 123 Å².